The van der Waals surface area contributed by atoms with E-state index in [1.165, 1.54) is 24.4 Å². The number of fused-ring (bicyclic) bond motifs is 1. The van der Waals surface area contributed by atoms with Crippen LogP contribution in [0.4, 0.5) is 22.0 Å². The van der Waals surface area contributed by atoms with E-state index in [1.54, 1.807) is 0 Å². The number of nitrogens with zero attached hydrogens (tertiary/aromatic N) is 1. The van der Waals surface area contributed by atoms with E-state index in [9.17, 15) is 26.7 Å². The second-order valence-corrected chi connectivity index (χ2v) is 9.24. The summed E-state index contributed by atoms with van der Waals surface area (Å²) in [6.45, 7) is 3.65. The molecule has 0 saturated heterocycles. The third-order valence-electron chi connectivity index (χ3n) is 5.98. The molecule has 38 heavy (non-hydrogen) atoms. The summed E-state index contributed by atoms with van der Waals surface area (Å²) in [5, 5.41) is 2.94. The fourth-order valence-electron chi connectivity index (χ4n) is 4.52. The molecule has 0 spiro atoms. The molecular formula is C24H26F5N3O6. The molecular weight excluding hydrogens is 521 g/mol. The Balaban J connectivity index is 0.00000127. The molecule has 0 unspecified atom stereocenters. The van der Waals surface area contributed by atoms with Crippen LogP contribution in [-0.4, -0.2) is 42.3 Å². The Hall–Kier alpha value is -3.84. The first-order valence-corrected chi connectivity index (χ1v) is 11.4. The highest BCUT2D eigenvalue weighted by molar-refractivity contribution is 5.78. The van der Waals surface area contributed by atoms with Crippen molar-refractivity contribution in [3.05, 3.63) is 42.2 Å². The Morgan fingerprint density at radius 2 is 1.79 bits per heavy atom. The van der Waals surface area contributed by atoms with E-state index in [4.69, 9.17) is 14.3 Å². The van der Waals surface area contributed by atoms with Gasteiger partial charge in [-0.25, -0.2) is 0 Å². The molecule has 1 saturated carbocycles. The normalized spacial score (nSPS) is 22.8. The number of ether oxygens (including phenoxy) is 4. The van der Waals surface area contributed by atoms with Crippen molar-refractivity contribution in [2.75, 3.05) is 13.2 Å². The molecule has 2 aliphatic rings. The number of rotatable bonds is 8. The molecule has 1 aromatic carbocycles. The first-order chi connectivity index (χ1) is 17.7. The third kappa shape index (κ3) is 7.13. The summed E-state index contributed by atoms with van der Waals surface area (Å²) in [6.07, 6.45) is -4.33. The predicted molar refractivity (Wildman–Crippen MR) is 122 cm³/mol. The summed E-state index contributed by atoms with van der Waals surface area (Å²) in [7, 11) is 0. The van der Waals surface area contributed by atoms with Crippen molar-refractivity contribution >= 4 is 12.3 Å². The van der Waals surface area contributed by atoms with Gasteiger partial charge >= 0.3 is 12.5 Å². The largest absolute Gasteiger partial charge is 0.586 e. The highest BCUT2D eigenvalue weighted by Gasteiger charge is 2.52. The van der Waals surface area contributed by atoms with Crippen LogP contribution in [0.2, 0.25) is 0 Å². The van der Waals surface area contributed by atoms with Gasteiger partial charge in [-0.3, -0.25) is 14.6 Å². The maximum absolute atomic E-state index is 13.1. The van der Waals surface area contributed by atoms with Crippen LogP contribution >= 0.6 is 0 Å². The number of hydrogen-bond donors (Lipinski definition) is 2. The zero-order chi connectivity index (χ0) is 28.2. The number of nitrogens with one attached hydrogen (secondary N) is 1. The number of carbonyl (C=O) groups excluding carboxylic acids is 2. The van der Waals surface area contributed by atoms with Crippen LogP contribution < -0.4 is 30.0 Å². The van der Waals surface area contributed by atoms with Gasteiger partial charge in [0.15, 0.2) is 18.1 Å². The SMILES string of the molecule is CCC1(NC(=O)COc2ccc3c(c2)OC(F)(F)O3)CC(C)(COc2cncc(C(F)(F)F)c2)C1.NC=O. The Morgan fingerprint density at radius 1 is 1.13 bits per heavy atom. The molecule has 0 atom stereocenters. The van der Waals surface area contributed by atoms with Gasteiger partial charge in [0.05, 0.1) is 18.4 Å². The molecule has 1 aliphatic carbocycles. The lowest BCUT2D eigenvalue weighted by Crippen LogP contribution is -2.63. The lowest BCUT2D eigenvalue weighted by Gasteiger charge is -2.54. The predicted octanol–water partition coefficient (Wildman–Crippen LogP) is 4.05. The zero-order valence-electron chi connectivity index (χ0n) is 20.4. The molecule has 9 nitrogen and oxygen atoms in total. The number of primary amides is 1. The number of alkyl halides is 5. The second kappa shape index (κ2) is 10.9. The maximum atomic E-state index is 13.1. The fraction of sp³-hybridized carbons (Fsp3) is 0.458. The number of amides is 2. The molecule has 2 amide bonds. The van der Waals surface area contributed by atoms with Crippen LogP contribution in [0, 0.1) is 5.41 Å². The van der Waals surface area contributed by atoms with Gasteiger partial charge in [-0.05, 0) is 37.5 Å². The lowest BCUT2D eigenvalue weighted by molar-refractivity contribution is -0.286. The number of benzene rings is 1. The Labute approximate surface area is 214 Å². The van der Waals surface area contributed by atoms with Crippen LogP contribution in [0.15, 0.2) is 36.7 Å². The van der Waals surface area contributed by atoms with Gasteiger partial charge in [0.1, 0.15) is 11.5 Å². The van der Waals surface area contributed by atoms with E-state index in [1.807, 2.05) is 13.8 Å². The number of carbonyl (C=O) groups is 2. The Bertz CT molecular complexity index is 1150. The zero-order valence-corrected chi connectivity index (χ0v) is 20.4. The van der Waals surface area contributed by atoms with Gasteiger partial charge in [-0.1, -0.05) is 13.8 Å². The first kappa shape index (κ1) is 28.7. The van der Waals surface area contributed by atoms with Gasteiger partial charge < -0.3 is 30.0 Å². The summed E-state index contributed by atoms with van der Waals surface area (Å²) in [5.74, 6) is -0.543. The summed E-state index contributed by atoms with van der Waals surface area (Å²) in [6, 6.07) is 4.75. The molecule has 1 fully saturated rings. The number of hydrogen-bond acceptors (Lipinski definition) is 7. The monoisotopic (exact) mass is 547 g/mol. The fourth-order valence-corrected chi connectivity index (χ4v) is 4.52. The summed E-state index contributed by atoms with van der Waals surface area (Å²) < 4.78 is 84.5. The van der Waals surface area contributed by atoms with Crippen LogP contribution in [0.5, 0.6) is 23.0 Å². The molecule has 3 N–H and O–H groups in total. The number of pyridine rings is 1. The smallest absolute Gasteiger partial charge is 0.491 e. The van der Waals surface area contributed by atoms with Crippen molar-refractivity contribution in [2.45, 2.75) is 51.1 Å². The average molecular weight is 547 g/mol. The number of halogens is 5. The van der Waals surface area contributed by atoms with Crippen LogP contribution in [0.1, 0.15) is 38.7 Å². The molecule has 14 heteroatoms. The summed E-state index contributed by atoms with van der Waals surface area (Å²) >= 11 is 0. The highest BCUT2D eigenvalue weighted by atomic mass is 19.4. The third-order valence-corrected chi connectivity index (χ3v) is 5.98. The van der Waals surface area contributed by atoms with E-state index in [0.717, 1.165) is 12.3 Å². The summed E-state index contributed by atoms with van der Waals surface area (Å²) in [5.41, 5.74) is 2.41. The van der Waals surface area contributed by atoms with E-state index >= 15 is 0 Å². The topological polar surface area (TPSA) is 122 Å². The average Bonchev–Trinajstić information content (AvgIpc) is 3.13. The molecule has 208 valence electrons. The first-order valence-electron chi connectivity index (χ1n) is 11.4. The van der Waals surface area contributed by atoms with Gasteiger partial charge in [-0.15, -0.1) is 8.78 Å². The van der Waals surface area contributed by atoms with Gasteiger partial charge in [0.2, 0.25) is 6.41 Å². The molecule has 1 aliphatic heterocycles. The minimum Gasteiger partial charge on any atom is -0.491 e. The van der Waals surface area contributed by atoms with E-state index in [0.29, 0.717) is 19.3 Å². The Morgan fingerprint density at radius 3 is 2.42 bits per heavy atom. The van der Waals surface area contributed by atoms with Crippen LogP contribution in [0.25, 0.3) is 0 Å². The minimum atomic E-state index is -4.51. The molecule has 2 aromatic rings. The molecule has 1 aromatic heterocycles. The molecule has 2 heterocycles. The molecule has 0 radical (unpaired) electrons. The standard InChI is InChI=1S/C23H23F5N2O5.CH3NO/c1-3-21(11-20(2,12-21)13-33-16-6-14(8-29-9-16)22(24,25)26)30-19(31)10-32-15-4-5-17-18(7-15)35-23(27,28)34-17;2-1-3/h4-9H,3,10-13H2,1-2H3,(H,30,31);1H,(H2,2,3). The van der Waals surface area contributed by atoms with Crippen LogP contribution in [-0.2, 0) is 15.8 Å². The summed E-state index contributed by atoms with van der Waals surface area (Å²) in [4.78, 5) is 24.7. The lowest BCUT2D eigenvalue weighted by atomic mass is 9.57. The second-order valence-electron chi connectivity index (χ2n) is 9.24. The van der Waals surface area contributed by atoms with Crippen molar-refractivity contribution in [3.8, 4) is 23.0 Å². The highest BCUT2D eigenvalue weighted by Crippen LogP contribution is 2.50. The van der Waals surface area contributed by atoms with Crippen molar-refractivity contribution < 1.29 is 50.5 Å². The van der Waals surface area contributed by atoms with Crippen molar-refractivity contribution in [3.63, 3.8) is 0 Å². The van der Waals surface area contributed by atoms with Crippen molar-refractivity contribution in [2.24, 2.45) is 11.1 Å². The van der Waals surface area contributed by atoms with Gasteiger partial charge in [-0.2, -0.15) is 13.2 Å². The molecule has 4 rings (SSSR count). The maximum Gasteiger partial charge on any atom is 0.586 e. The van der Waals surface area contributed by atoms with Crippen molar-refractivity contribution in [1.29, 1.82) is 0 Å². The molecule has 0 bridgehead atoms. The van der Waals surface area contributed by atoms with E-state index in [2.05, 4.69) is 25.5 Å². The minimum absolute atomic E-state index is 0.0222. The number of nitrogens with two attached hydrogens (primary N) is 1. The van der Waals surface area contributed by atoms with Crippen molar-refractivity contribution in [1.82, 2.24) is 10.3 Å². The Kier molecular flexibility index (Phi) is 8.22. The van der Waals surface area contributed by atoms with E-state index in [-0.39, 0.29) is 48.0 Å². The van der Waals surface area contributed by atoms with Crippen LogP contribution in [0.3, 0.4) is 0 Å². The quantitative estimate of drug-likeness (QED) is 0.378. The van der Waals surface area contributed by atoms with Gasteiger partial charge in [0, 0.05) is 23.2 Å². The number of aromatic nitrogens is 1. The van der Waals surface area contributed by atoms with Gasteiger partial charge in [0.25, 0.3) is 5.91 Å². The van der Waals surface area contributed by atoms with E-state index < -0.39 is 29.5 Å².